The molecule has 2 rings (SSSR count). The predicted octanol–water partition coefficient (Wildman–Crippen LogP) is 1.49. The quantitative estimate of drug-likeness (QED) is 0.830. The third kappa shape index (κ3) is 2.54. The first kappa shape index (κ1) is 13.1. The van der Waals surface area contributed by atoms with Crippen LogP contribution in [-0.2, 0) is 16.1 Å². The Balaban J connectivity index is 1.88. The van der Waals surface area contributed by atoms with Gasteiger partial charge in [-0.15, -0.1) is 0 Å². The minimum absolute atomic E-state index is 0.308. The van der Waals surface area contributed by atoms with Crippen LogP contribution in [0.2, 0.25) is 0 Å². The largest absolute Gasteiger partial charge is 0.481 e. The summed E-state index contributed by atoms with van der Waals surface area (Å²) in [7, 11) is 0. The van der Waals surface area contributed by atoms with Crippen molar-refractivity contribution >= 4 is 5.97 Å². The van der Waals surface area contributed by atoms with E-state index in [2.05, 4.69) is 37.4 Å². The molecular weight excluding hydrogens is 230 g/mol. The van der Waals surface area contributed by atoms with Crippen LogP contribution in [0.5, 0.6) is 0 Å². The molecule has 1 aromatic rings. The zero-order valence-electron chi connectivity index (χ0n) is 10.8. The summed E-state index contributed by atoms with van der Waals surface area (Å²) in [4.78, 5) is 11.1. The minimum atomic E-state index is -0.777. The second-order valence-electron chi connectivity index (χ2n) is 5.10. The number of carboxylic acid groups (broad SMARTS) is 1. The molecule has 0 radical (unpaired) electrons. The predicted molar refractivity (Wildman–Crippen MR) is 68.5 cm³/mol. The van der Waals surface area contributed by atoms with Gasteiger partial charge in [-0.1, -0.05) is 18.2 Å². The summed E-state index contributed by atoms with van der Waals surface area (Å²) < 4.78 is 5.02. The van der Waals surface area contributed by atoms with E-state index in [0.717, 1.165) is 0 Å². The van der Waals surface area contributed by atoms with Crippen LogP contribution in [0.1, 0.15) is 16.7 Å². The highest BCUT2D eigenvalue weighted by Gasteiger charge is 2.45. The highest BCUT2D eigenvalue weighted by atomic mass is 16.5. The molecule has 0 unspecified atom stereocenters. The summed E-state index contributed by atoms with van der Waals surface area (Å²) in [6.07, 6.45) is 0. The van der Waals surface area contributed by atoms with Gasteiger partial charge >= 0.3 is 5.97 Å². The molecule has 1 aliphatic rings. The molecule has 4 nitrogen and oxygen atoms in total. The average Bonchev–Trinajstić information content (AvgIpc) is 2.26. The van der Waals surface area contributed by atoms with Crippen molar-refractivity contribution in [1.29, 1.82) is 0 Å². The lowest BCUT2D eigenvalue weighted by Crippen LogP contribution is -2.55. The topological polar surface area (TPSA) is 58.6 Å². The molecule has 1 aromatic carbocycles. The van der Waals surface area contributed by atoms with Gasteiger partial charge in [0.05, 0.1) is 13.2 Å². The van der Waals surface area contributed by atoms with Crippen molar-refractivity contribution in [2.75, 3.05) is 19.8 Å². The number of rotatable bonds is 5. The van der Waals surface area contributed by atoms with Crippen molar-refractivity contribution in [2.24, 2.45) is 5.41 Å². The highest BCUT2D eigenvalue weighted by molar-refractivity contribution is 5.76. The van der Waals surface area contributed by atoms with Gasteiger partial charge < -0.3 is 15.2 Å². The number of hydrogen-bond donors (Lipinski definition) is 2. The van der Waals surface area contributed by atoms with Crippen LogP contribution in [0.3, 0.4) is 0 Å². The van der Waals surface area contributed by atoms with Crippen molar-refractivity contribution < 1.29 is 14.6 Å². The standard InChI is InChI=1S/C14H19NO3/c1-10-3-4-12(5-11(10)2)6-15-7-14(13(16)17)8-18-9-14/h3-5,15H,6-9H2,1-2H3,(H,16,17). The number of hydrogen-bond acceptors (Lipinski definition) is 3. The third-order valence-electron chi connectivity index (χ3n) is 3.57. The Morgan fingerprint density at radius 3 is 2.61 bits per heavy atom. The molecule has 0 aromatic heterocycles. The normalized spacial score (nSPS) is 17.2. The Hall–Kier alpha value is -1.39. The first-order chi connectivity index (χ1) is 8.53. The summed E-state index contributed by atoms with van der Waals surface area (Å²) in [6.45, 7) is 5.92. The van der Waals surface area contributed by atoms with Crippen molar-refractivity contribution in [3.05, 3.63) is 34.9 Å². The van der Waals surface area contributed by atoms with Crippen LogP contribution in [0.15, 0.2) is 18.2 Å². The zero-order valence-corrected chi connectivity index (χ0v) is 10.8. The van der Waals surface area contributed by atoms with Gasteiger partial charge in [-0.25, -0.2) is 0 Å². The fraction of sp³-hybridized carbons (Fsp3) is 0.500. The van der Waals surface area contributed by atoms with Crippen LogP contribution in [0, 0.1) is 19.3 Å². The maximum atomic E-state index is 11.1. The Morgan fingerprint density at radius 2 is 2.11 bits per heavy atom. The van der Waals surface area contributed by atoms with Gasteiger partial charge in [-0.3, -0.25) is 4.79 Å². The number of aryl methyl sites for hydroxylation is 2. The molecule has 1 aliphatic heterocycles. The van der Waals surface area contributed by atoms with Crippen molar-refractivity contribution in [3.63, 3.8) is 0 Å². The maximum Gasteiger partial charge on any atom is 0.315 e. The van der Waals surface area contributed by atoms with Crippen molar-refractivity contribution in [2.45, 2.75) is 20.4 Å². The van der Waals surface area contributed by atoms with Gasteiger partial charge in [0.25, 0.3) is 0 Å². The molecule has 1 heterocycles. The second-order valence-corrected chi connectivity index (χ2v) is 5.10. The molecule has 0 bridgehead atoms. The summed E-state index contributed by atoms with van der Waals surface area (Å²) >= 11 is 0. The molecule has 18 heavy (non-hydrogen) atoms. The molecule has 0 amide bonds. The summed E-state index contributed by atoms with van der Waals surface area (Å²) in [5, 5.41) is 12.4. The third-order valence-corrected chi connectivity index (χ3v) is 3.57. The number of carboxylic acids is 1. The van der Waals surface area contributed by atoms with E-state index < -0.39 is 11.4 Å². The second kappa shape index (κ2) is 5.08. The van der Waals surface area contributed by atoms with E-state index in [9.17, 15) is 4.79 Å². The molecule has 1 fully saturated rings. The van der Waals surface area contributed by atoms with E-state index >= 15 is 0 Å². The van der Waals surface area contributed by atoms with Gasteiger partial charge in [-0.2, -0.15) is 0 Å². The van der Waals surface area contributed by atoms with Gasteiger partial charge in [0.1, 0.15) is 5.41 Å². The van der Waals surface area contributed by atoms with Crippen LogP contribution in [0.4, 0.5) is 0 Å². The van der Waals surface area contributed by atoms with Crippen LogP contribution in [-0.4, -0.2) is 30.8 Å². The first-order valence-electron chi connectivity index (χ1n) is 6.11. The van der Waals surface area contributed by atoms with Crippen LogP contribution >= 0.6 is 0 Å². The van der Waals surface area contributed by atoms with Crippen LogP contribution in [0.25, 0.3) is 0 Å². The van der Waals surface area contributed by atoms with Crippen molar-refractivity contribution in [3.8, 4) is 0 Å². The molecule has 0 spiro atoms. The van der Waals surface area contributed by atoms with Gasteiger partial charge in [0.2, 0.25) is 0 Å². The van der Waals surface area contributed by atoms with E-state index in [1.54, 1.807) is 0 Å². The summed E-state index contributed by atoms with van der Waals surface area (Å²) in [6, 6.07) is 6.29. The fourth-order valence-corrected chi connectivity index (χ4v) is 2.01. The van der Waals surface area contributed by atoms with E-state index in [1.807, 2.05) is 0 Å². The number of benzene rings is 1. The number of carbonyl (C=O) groups is 1. The van der Waals surface area contributed by atoms with E-state index in [1.165, 1.54) is 16.7 Å². The molecule has 98 valence electrons. The monoisotopic (exact) mass is 249 g/mol. The lowest BCUT2D eigenvalue weighted by atomic mass is 9.86. The van der Waals surface area contributed by atoms with Crippen LogP contribution < -0.4 is 5.32 Å². The molecule has 0 atom stereocenters. The molecule has 4 heteroatoms. The first-order valence-corrected chi connectivity index (χ1v) is 6.11. The Labute approximate surface area is 107 Å². The molecule has 1 saturated heterocycles. The van der Waals surface area contributed by atoms with E-state index in [-0.39, 0.29) is 0 Å². The van der Waals surface area contributed by atoms with E-state index in [4.69, 9.17) is 9.84 Å². The number of aliphatic carboxylic acids is 1. The molecule has 0 aliphatic carbocycles. The maximum absolute atomic E-state index is 11.1. The Morgan fingerprint density at radius 1 is 1.39 bits per heavy atom. The fourth-order valence-electron chi connectivity index (χ4n) is 2.01. The van der Waals surface area contributed by atoms with Gasteiger partial charge in [-0.05, 0) is 30.5 Å². The SMILES string of the molecule is Cc1ccc(CNCC2(C(=O)O)COC2)cc1C. The zero-order chi connectivity index (χ0) is 13.2. The molecule has 2 N–H and O–H groups in total. The number of ether oxygens (including phenoxy) is 1. The lowest BCUT2D eigenvalue weighted by molar-refractivity contribution is -0.178. The van der Waals surface area contributed by atoms with Gasteiger partial charge in [0.15, 0.2) is 0 Å². The lowest BCUT2D eigenvalue weighted by Gasteiger charge is -2.37. The summed E-state index contributed by atoms with van der Waals surface area (Å²) in [5.74, 6) is -0.777. The van der Waals surface area contributed by atoms with E-state index in [0.29, 0.717) is 26.3 Å². The molecular formula is C14H19NO3. The molecule has 0 saturated carbocycles. The number of nitrogens with one attached hydrogen (secondary N) is 1. The Bertz CT molecular complexity index is 452. The highest BCUT2D eigenvalue weighted by Crippen LogP contribution is 2.26. The van der Waals surface area contributed by atoms with Gasteiger partial charge in [0, 0.05) is 13.1 Å². The minimum Gasteiger partial charge on any atom is -0.481 e. The average molecular weight is 249 g/mol. The van der Waals surface area contributed by atoms with Crippen molar-refractivity contribution in [1.82, 2.24) is 5.32 Å². The Kier molecular flexibility index (Phi) is 3.68. The summed E-state index contributed by atoms with van der Waals surface area (Å²) in [5.41, 5.74) is 2.99. The smallest absolute Gasteiger partial charge is 0.315 e.